The van der Waals surface area contributed by atoms with E-state index in [-0.39, 0.29) is 11.5 Å². The summed E-state index contributed by atoms with van der Waals surface area (Å²) in [6, 6.07) is 0.617. The minimum Gasteiger partial charge on any atom is -0.504 e. The molecule has 1 atom stereocenters. The van der Waals surface area contributed by atoms with Crippen LogP contribution in [-0.4, -0.2) is 21.2 Å². The summed E-state index contributed by atoms with van der Waals surface area (Å²) < 4.78 is 6.55. The molecule has 8 heteroatoms. The maximum absolute atomic E-state index is 11.5. The van der Waals surface area contributed by atoms with Crippen LogP contribution in [0.1, 0.15) is 23.1 Å². The molecule has 0 aliphatic heterocycles. The predicted molar refractivity (Wildman–Crippen MR) is 83.5 cm³/mol. The van der Waals surface area contributed by atoms with Crippen molar-refractivity contribution in [2.45, 2.75) is 19.9 Å². The molecule has 0 aromatic carbocycles. The second kappa shape index (κ2) is 6.07. The number of halogens is 2. The first-order chi connectivity index (χ1) is 9.81. The number of rotatable bonds is 4. The number of carboxylic acid groups (broad SMARTS) is 1. The number of anilines is 1. The highest BCUT2D eigenvalue weighted by atomic mass is 79.9. The quantitative estimate of drug-likeness (QED) is 0.698. The molecular formula is C13H12Br2N2O4. The Balaban J connectivity index is 2.40. The van der Waals surface area contributed by atoms with Gasteiger partial charge in [0.1, 0.15) is 17.8 Å². The van der Waals surface area contributed by atoms with E-state index in [1.165, 1.54) is 0 Å². The van der Waals surface area contributed by atoms with Crippen LogP contribution in [-0.2, 0) is 4.79 Å². The van der Waals surface area contributed by atoms with Gasteiger partial charge in [-0.05, 0) is 51.8 Å². The number of aromatic nitrogens is 1. The number of aliphatic carboxylic acids is 1. The number of hydrogen-bond donors (Lipinski definition) is 3. The molecule has 2 heterocycles. The molecule has 21 heavy (non-hydrogen) atoms. The molecule has 2 rings (SSSR count). The second-order valence-electron chi connectivity index (χ2n) is 4.41. The molecule has 0 bridgehead atoms. The summed E-state index contributed by atoms with van der Waals surface area (Å²) in [6.07, 6.45) is 1.11. The number of aryl methyl sites for hydroxylation is 1. The van der Waals surface area contributed by atoms with Crippen molar-refractivity contribution in [3.63, 3.8) is 0 Å². The molecule has 3 N–H and O–H groups in total. The standard InChI is InChI=1S/C13H12Br2N2O4/c1-5-9(18)4-21-11(5)10(13(19)20)17-12-8(15)3-7(14)6(2)16-12/h3-4,10,18H,1-2H3,(H,16,17)(H,19,20). The zero-order valence-corrected chi connectivity index (χ0v) is 14.3. The van der Waals surface area contributed by atoms with Crippen LogP contribution < -0.4 is 5.32 Å². The minimum atomic E-state index is -1.16. The normalized spacial score (nSPS) is 12.2. The fourth-order valence-electron chi connectivity index (χ4n) is 1.74. The summed E-state index contributed by atoms with van der Waals surface area (Å²) in [6.45, 7) is 3.38. The lowest BCUT2D eigenvalue weighted by Gasteiger charge is -2.15. The predicted octanol–water partition coefficient (Wildman–Crippen LogP) is 3.76. The lowest BCUT2D eigenvalue weighted by Crippen LogP contribution is -2.21. The highest BCUT2D eigenvalue weighted by Crippen LogP contribution is 2.33. The van der Waals surface area contributed by atoms with Gasteiger partial charge in [0.2, 0.25) is 0 Å². The van der Waals surface area contributed by atoms with E-state index in [2.05, 4.69) is 42.2 Å². The van der Waals surface area contributed by atoms with E-state index in [0.717, 1.165) is 10.7 Å². The molecular weight excluding hydrogens is 408 g/mol. The van der Waals surface area contributed by atoms with Gasteiger partial charge in [-0.2, -0.15) is 0 Å². The second-order valence-corrected chi connectivity index (χ2v) is 6.12. The summed E-state index contributed by atoms with van der Waals surface area (Å²) in [5.74, 6) is -0.716. The number of nitrogens with one attached hydrogen (secondary N) is 1. The Morgan fingerprint density at radius 3 is 2.57 bits per heavy atom. The van der Waals surface area contributed by atoms with E-state index in [1.807, 2.05) is 0 Å². The van der Waals surface area contributed by atoms with Crippen molar-refractivity contribution in [1.29, 1.82) is 0 Å². The number of nitrogens with zero attached hydrogens (tertiary/aromatic N) is 1. The molecule has 1 unspecified atom stereocenters. The van der Waals surface area contributed by atoms with Gasteiger partial charge < -0.3 is 19.9 Å². The van der Waals surface area contributed by atoms with Crippen LogP contribution in [0.3, 0.4) is 0 Å². The number of carbonyl (C=O) groups is 1. The Labute approximate surface area is 137 Å². The molecule has 0 spiro atoms. The Morgan fingerprint density at radius 1 is 1.38 bits per heavy atom. The van der Waals surface area contributed by atoms with E-state index in [4.69, 9.17) is 4.42 Å². The largest absolute Gasteiger partial charge is 0.504 e. The fraction of sp³-hybridized carbons (Fsp3) is 0.231. The molecule has 0 aliphatic rings. The minimum absolute atomic E-state index is 0.0861. The van der Waals surface area contributed by atoms with Gasteiger partial charge in [0.15, 0.2) is 11.8 Å². The molecule has 0 fully saturated rings. The van der Waals surface area contributed by atoms with Crippen molar-refractivity contribution >= 4 is 43.6 Å². The van der Waals surface area contributed by atoms with Crippen LogP contribution in [0.4, 0.5) is 5.82 Å². The van der Waals surface area contributed by atoms with Crippen molar-refractivity contribution in [3.05, 3.63) is 38.3 Å². The van der Waals surface area contributed by atoms with E-state index in [1.54, 1.807) is 19.9 Å². The van der Waals surface area contributed by atoms with E-state index >= 15 is 0 Å². The van der Waals surface area contributed by atoms with Gasteiger partial charge in [0.25, 0.3) is 0 Å². The molecule has 0 amide bonds. The average Bonchev–Trinajstić information content (AvgIpc) is 2.73. The highest BCUT2D eigenvalue weighted by Gasteiger charge is 2.27. The van der Waals surface area contributed by atoms with E-state index < -0.39 is 12.0 Å². The number of hydrogen-bond acceptors (Lipinski definition) is 5. The molecule has 2 aromatic heterocycles. The van der Waals surface area contributed by atoms with Crippen molar-refractivity contribution < 1.29 is 19.4 Å². The first-order valence-corrected chi connectivity index (χ1v) is 7.48. The SMILES string of the molecule is Cc1nc(NC(C(=O)O)c2occ(O)c2C)c(Br)cc1Br. The van der Waals surface area contributed by atoms with Crippen LogP contribution in [0, 0.1) is 13.8 Å². The number of pyridine rings is 1. The van der Waals surface area contributed by atoms with Gasteiger partial charge in [0.05, 0.1) is 10.2 Å². The van der Waals surface area contributed by atoms with Gasteiger partial charge in [-0.3, -0.25) is 0 Å². The maximum atomic E-state index is 11.5. The molecule has 112 valence electrons. The van der Waals surface area contributed by atoms with E-state index in [0.29, 0.717) is 21.5 Å². The molecule has 0 aliphatic carbocycles. The van der Waals surface area contributed by atoms with Crippen LogP contribution in [0.25, 0.3) is 0 Å². The Bertz CT molecular complexity index is 700. The van der Waals surface area contributed by atoms with Crippen LogP contribution in [0.2, 0.25) is 0 Å². The molecule has 0 saturated carbocycles. The topological polar surface area (TPSA) is 95.6 Å². The Kier molecular flexibility index (Phi) is 4.58. The summed E-state index contributed by atoms with van der Waals surface area (Å²) in [4.78, 5) is 15.8. The Hall–Kier alpha value is -1.54. The monoisotopic (exact) mass is 418 g/mol. The summed E-state index contributed by atoms with van der Waals surface area (Å²) >= 11 is 6.67. The third kappa shape index (κ3) is 3.21. The first kappa shape index (κ1) is 15.8. The van der Waals surface area contributed by atoms with Crippen LogP contribution >= 0.6 is 31.9 Å². The molecule has 0 radical (unpaired) electrons. The van der Waals surface area contributed by atoms with Crippen LogP contribution in [0.15, 0.2) is 25.7 Å². The number of aromatic hydroxyl groups is 1. The third-order valence-electron chi connectivity index (χ3n) is 2.95. The lowest BCUT2D eigenvalue weighted by molar-refractivity contribution is -0.138. The highest BCUT2D eigenvalue weighted by molar-refractivity contribution is 9.11. The van der Waals surface area contributed by atoms with Crippen molar-refractivity contribution in [1.82, 2.24) is 4.98 Å². The fourth-order valence-corrected chi connectivity index (χ4v) is 2.80. The van der Waals surface area contributed by atoms with Crippen LogP contribution in [0.5, 0.6) is 5.75 Å². The average molecular weight is 420 g/mol. The summed E-state index contributed by atoms with van der Waals surface area (Å²) in [7, 11) is 0. The maximum Gasteiger partial charge on any atom is 0.334 e. The van der Waals surface area contributed by atoms with Gasteiger partial charge in [-0.25, -0.2) is 9.78 Å². The van der Waals surface area contributed by atoms with Crippen molar-refractivity contribution in [3.8, 4) is 5.75 Å². The van der Waals surface area contributed by atoms with Crippen molar-refractivity contribution in [2.24, 2.45) is 0 Å². The van der Waals surface area contributed by atoms with Gasteiger partial charge >= 0.3 is 5.97 Å². The van der Waals surface area contributed by atoms with Crippen molar-refractivity contribution in [2.75, 3.05) is 5.32 Å². The van der Waals surface area contributed by atoms with Gasteiger partial charge in [-0.1, -0.05) is 0 Å². The lowest BCUT2D eigenvalue weighted by atomic mass is 10.1. The number of furan rings is 1. The molecule has 0 saturated heterocycles. The third-order valence-corrected chi connectivity index (χ3v) is 4.35. The van der Waals surface area contributed by atoms with Gasteiger partial charge in [0, 0.05) is 10.0 Å². The zero-order valence-electron chi connectivity index (χ0n) is 11.1. The Morgan fingerprint density at radius 2 is 2.05 bits per heavy atom. The smallest absolute Gasteiger partial charge is 0.334 e. The van der Waals surface area contributed by atoms with Gasteiger partial charge in [-0.15, -0.1) is 0 Å². The molecule has 6 nitrogen and oxygen atoms in total. The first-order valence-electron chi connectivity index (χ1n) is 5.90. The summed E-state index contributed by atoms with van der Waals surface area (Å²) in [5.41, 5.74) is 1.09. The molecule has 2 aromatic rings. The zero-order chi connectivity index (χ0) is 15.7. The van der Waals surface area contributed by atoms with E-state index in [9.17, 15) is 15.0 Å². The number of carboxylic acids is 1. The summed E-state index contributed by atoms with van der Waals surface area (Å²) in [5, 5.41) is 21.7.